The number of ether oxygens (including phenoxy) is 2. The zero-order valence-corrected chi connectivity index (χ0v) is 12.9. The Morgan fingerprint density at radius 2 is 1.65 bits per heavy atom. The van der Waals surface area contributed by atoms with Crippen LogP contribution in [0.5, 0.6) is 11.5 Å². The van der Waals surface area contributed by atoms with Gasteiger partial charge < -0.3 is 9.47 Å². The fraction of sp³-hybridized carbons (Fsp3) is 0.158. The van der Waals surface area contributed by atoms with Crippen molar-refractivity contribution in [3.63, 3.8) is 0 Å². The topological polar surface area (TPSA) is 47.9 Å². The van der Waals surface area contributed by atoms with Crippen LogP contribution >= 0.6 is 0 Å². The first-order valence-corrected chi connectivity index (χ1v) is 7.39. The van der Waals surface area contributed by atoms with Gasteiger partial charge in [-0.15, -0.1) is 4.91 Å². The molecule has 0 aliphatic heterocycles. The van der Waals surface area contributed by atoms with Gasteiger partial charge in [0.05, 0.1) is 14.2 Å². The van der Waals surface area contributed by atoms with Crippen LogP contribution in [0.2, 0.25) is 0 Å². The molecule has 0 bridgehead atoms. The van der Waals surface area contributed by atoms with Crippen molar-refractivity contribution in [1.82, 2.24) is 0 Å². The SMILES string of the molecule is COc1ccc2c(c1)Cc1c-2cc2ccc(OC)cc2c1N=O. The molecule has 0 N–H and O–H groups in total. The number of hydrogen-bond acceptors (Lipinski definition) is 4. The van der Waals surface area contributed by atoms with Gasteiger partial charge in [0.25, 0.3) is 0 Å². The van der Waals surface area contributed by atoms with E-state index in [0.717, 1.165) is 44.5 Å². The maximum absolute atomic E-state index is 11.5. The van der Waals surface area contributed by atoms with Crippen LogP contribution in [0.25, 0.3) is 21.9 Å². The van der Waals surface area contributed by atoms with Crippen LogP contribution in [0, 0.1) is 4.91 Å². The van der Waals surface area contributed by atoms with Crippen LogP contribution in [0.4, 0.5) is 5.69 Å². The summed E-state index contributed by atoms with van der Waals surface area (Å²) in [4.78, 5) is 11.5. The van der Waals surface area contributed by atoms with Gasteiger partial charge in [-0.3, -0.25) is 0 Å². The average molecular weight is 305 g/mol. The fourth-order valence-corrected chi connectivity index (χ4v) is 3.35. The van der Waals surface area contributed by atoms with Gasteiger partial charge in [0.15, 0.2) is 0 Å². The molecule has 0 radical (unpaired) electrons. The highest BCUT2D eigenvalue weighted by Crippen LogP contribution is 2.46. The summed E-state index contributed by atoms with van der Waals surface area (Å²) < 4.78 is 10.6. The molecule has 0 fully saturated rings. The minimum absolute atomic E-state index is 0.506. The summed E-state index contributed by atoms with van der Waals surface area (Å²) in [5, 5.41) is 5.15. The molecule has 3 aromatic rings. The number of methoxy groups -OCH3 is 2. The van der Waals surface area contributed by atoms with Gasteiger partial charge in [-0.1, -0.05) is 12.1 Å². The van der Waals surface area contributed by atoms with Gasteiger partial charge in [0.2, 0.25) is 0 Å². The van der Waals surface area contributed by atoms with Gasteiger partial charge in [-0.05, 0) is 63.1 Å². The highest BCUT2D eigenvalue weighted by molar-refractivity contribution is 6.01. The number of nitrogens with zero attached hydrogens (tertiary/aromatic N) is 1. The Morgan fingerprint density at radius 1 is 0.913 bits per heavy atom. The molecule has 114 valence electrons. The zero-order valence-electron chi connectivity index (χ0n) is 12.9. The molecule has 0 amide bonds. The van der Waals surface area contributed by atoms with Crippen LogP contribution < -0.4 is 9.47 Å². The van der Waals surface area contributed by atoms with Crippen molar-refractivity contribution in [2.45, 2.75) is 6.42 Å². The second-order valence-electron chi connectivity index (χ2n) is 5.63. The van der Waals surface area contributed by atoms with Gasteiger partial charge in [0, 0.05) is 11.8 Å². The Kier molecular flexibility index (Phi) is 3.05. The molecular formula is C19H15NO3. The molecule has 1 aliphatic rings. The predicted molar refractivity (Wildman–Crippen MR) is 90.7 cm³/mol. The third-order valence-electron chi connectivity index (χ3n) is 4.49. The third-order valence-corrected chi connectivity index (χ3v) is 4.49. The van der Waals surface area contributed by atoms with E-state index in [-0.39, 0.29) is 0 Å². The summed E-state index contributed by atoms with van der Waals surface area (Å²) in [5.74, 6) is 1.54. The standard InChI is InChI=1S/C19H15NO3/c1-22-13-5-6-15-12(7-13)9-18-17(15)8-11-3-4-14(23-2)10-16(11)19(18)20-21/h3-8,10H,9H2,1-2H3. The van der Waals surface area contributed by atoms with Crippen molar-refractivity contribution in [3.05, 3.63) is 58.5 Å². The summed E-state index contributed by atoms with van der Waals surface area (Å²) >= 11 is 0. The largest absolute Gasteiger partial charge is 0.497 e. The van der Waals surface area contributed by atoms with Gasteiger partial charge >= 0.3 is 0 Å². The smallest absolute Gasteiger partial charge is 0.120 e. The quantitative estimate of drug-likeness (QED) is 0.509. The molecular weight excluding hydrogens is 290 g/mol. The summed E-state index contributed by atoms with van der Waals surface area (Å²) in [5.41, 5.74) is 4.86. The number of rotatable bonds is 3. The second kappa shape index (κ2) is 5.09. The molecule has 0 atom stereocenters. The lowest BCUT2D eigenvalue weighted by molar-refractivity contribution is 0.414. The van der Waals surface area contributed by atoms with Crippen LogP contribution in [0.1, 0.15) is 11.1 Å². The normalized spacial score (nSPS) is 11.9. The van der Waals surface area contributed by atoms with E-state index in [1.54, 1.807) is 14.2 Å². The highest BCUT2D eigenvalue weighted by atomic mass is 16.5. The van der Waals surface area contributed by atoms with E-state index in [9.17, 15) is 4.91 Å². The first-order valence-electron chi connectivity index (χ1n) is 7.39. The van der Waals surface area contributed by atoms with Crippen molar-refractivity contribution in [2.75, 3.05) is 14.2 Å². The van der Waals surface area contributed by atoms with E-state index in [1.165, 1.54) is 0 Å². The molecule has 3 aromatic carbocycles. The maximum Gasteiger partial charge on any atom is 0.120 e. The molecule has 0 heterocycles. The molecule has 23 heavy (non-hydrogen) atoms. The Bertz CT molecular complexity index is 947. The molecule has 4 nitrogen and oxygen atoms in total. The van der Waals surface area contributed by atoms with Crippen molar-refractivity contribution in [1.29, 1.82) is 0 Å². The Hall–Kier alpha value is -2.88. The van der Waals surface area contributed by atoms with Gasteiger partial charge in [0.1, 0.15) is 17.2 Å². The fourth-order valence-electron chi connectivity index (χ4n) is 3.35. The molecule has 0 saturated carbocycles. The lowest BCUT2D eigenvalue weighted by Crippen LogP contribution is -1.87. The van der Waals surface area contributed by atoms with Gasteiger partial charge in [-0.25, -0.2) is 0 Å². The van der Waals surface area contributed by atoms with E-state index in [4.69, 9.17) is 9.47 Å². The number of fused-ring (bicyclic) bond motifs is 4. The first-order chi connectivity index (χ1) is 11.2. The maximum atomic E-state index is 11.5. The Morgan fingerprint density at radius 3 is 2.39 bits per heavy atom. The average Bonchev–Trinajstić information content (AvgIpc) is 2.96. The monoisotopic (exact) mass is 305 g/mol. The lowest BCUT2D eigenvalue weighted by Gasteiger charge is -2.09. The van der Waals surface area contributed by atoms with Crippen LogP contribution in [0.15, 0.2) is 47.6 Å². The molecule has 0 spiro atoms. The second-order valence-corrected chi connectivity index (χ2v) is 5.63. The highest BCUT2D eigenvalue weighted by Gasteiger charge is 2.24. The summed E-state index contributed by atoms with van der Waals surface area (Å²) in [6, 6.07) is 13.9. The van der Waals surface area contributed by atoms with E-state index in [0.29, 0.717) is 12.1 Å². The first kappa shape index (κ1) is 13.8. The predicted octanol–water partition coefficient (Wildman–Crippen LogP) is 4.83. The van der Waals surface area contributed by atoms with Crippen molar-refractivity contribution in [2.24, 2.45) is 5.18 Å². The third kappa shape index (κ3) is 1.99. The minimum Gasteiger partial charge on any atom is -0.497 e. The van der Waals surface area contributed by atoms with E-state index in [1.807, 2.05) is 36.4 Å². The molecule has 4 rings (SSSR count). The van der Waals surface area contributed by atoms with Crippen molar-refractivity contribution < 1.29 is 9.47 Å². The molecule has 0 aromatic heterocycles. The summed E-state index contributed by atoms with van der Waals surface area (Å²) in [6.07, 6.45) is 0.691. The molecule has 0 unspecified atom stereocenters. The number of benzene rings is 3. The van der Waals surface area contributed by atoms with Crippen LogP contribution in [-0.4, -0.2) is 14.2 Å². The van der Waals surface area contributed by atoms with E-state index >= 15 is 0 Å². The Labute approximate surface area is 133 Å². The van der Waals surface area contributed by atoms with E-state index < -0.39 is 0 Å². The molecule has 1 aliphatic carbocycles. The lowest BCUT2D eigenvalue weighted by atomic mass is 9.98. The van der Waals surface area contributed by atoms with E-state index in [2.05, 4.69) is 11.2 Å². The number of nitroso groups, excluding NO2 is 1. The summed E-state index contributed by atoms with van der Waals surface area (Å²) in [7, 11) is 3.27. The Balaban J connectivity index is 2.00. The zero-order chi connectivity index (χ0) is 16.0. The van der Waals surface area contributed by atoms with Crippen LogP contribution in [-0.2, 0) is 6.42 Å². The van der Waals surface area contributed by atoms with Crippen molar-refractivity contribution in [3.8, 4) is 22.6 Å². The molecule has 0 saturated heterocycles. The summed E-state index contributed by atoms with van der Waals surface area (Å²) in [6.45, 7) is 0. The van der Waals surface area contributed by atoms with Crippen molar-refractivity contribution >= 4 is 16.5 Å². The van der Waals surface area contributed by atoms with Gasteiger partial charge in [-0.2, -0.15) is 0 Å². The minimum atomic E-state index is 0.506. The molecule has 4 heteroatoms. The van der Waals surface area contributed by atoms with Crippen LogP contribution in [0.3, 0.4) is 0 Å². The number of hydrogen-bond donors (Lipinski definition) is 0.